The molecular formula is C21H15ClN2O4. The van der Waals surface area contributed by atoms with Crippen LogP contribution in [0.5, 0.6) is 11.5 Å². The van der Waals surface area contributed by atoms with Gasteiger partial charge in [-0.05, 0) is 42.5 Å². The van der Waals surface area contributed by atoms with E-state index in [1.54, 1.807) is 50.6 Å². The third kappa shape index (κ3) is 3.42. The van der Waals surface area contributed by atoms with E-state index in [0.29, 0.717) is 28.1 Å². The van der Waals surface area contributed by atoms with E-state index in [-0.39, 0.29) is 16.7 Å². The van der Waals surface area contributed by atoms with E-state index in [2.05, 4.69) is 9.98 Å². The minimum Gasteiger partial charge on any atom is -0.497 e. The van der Waals surface area contributed by atoms with Crippen LogP contribution in [0.25, 0.3) is 17.0 Å². The van der Waals surface area contributed by atoms with Crippen molar-refractivity contribution in [2.45, 2.75) is 0 Å². The Bertz CT molecular complexity index is 1150. The van der Waals surface area contributed by atoms with Crippen LogP contribution in [-0.2, 0) is 9.53 Å². The van der Waals surface area contributed by atoms with Gasteiger partial charge in [-0.3, -0.25) is 0 Å². The number of methoxy groups -OCH3 is 2. The van der Waals surface area contributed by atoms with Crippen LogP contribution >= 0.6 is 11.6 Å². The summed E-state index contributed by atoms with van der Waals surface area (Å²) in [5.74, 6) is 0.994. The number of nitrogens with zero attached hydrogens (tertiary/aromatic N) is 2. The zero-order chi connectivity index (χ0) is 19.7. The fraction of sp³-hybridized carbons (Fsp3) is 0.0952. The van der Waals surface area contributed by atoms with Crippen molar-refractivity contribution in [2.75, 3.05) is 14.2 Å². The fourth-order valence-electron chi connectivity index (χ4n) is 2.80. The van der Waals surface area contributed by atoms with Gasteiger partial charge in [-0.25, -0.2) is 14.8 Å². The molecule has 3 aromatic rings. The second-order valence-corrected chi connectivity index (χ2v) is 6.35. The van der Waals surface area contributed by atoms with Crippen LogP contribution in [0.1, 0.15) is 11.1 Å². The number of hydrogen-bond acceptors (Lipinski definition) is 6. The summed E-state index contributed by atoms with van der Waals surface area (Å²) in [5.41, 5.74) is 2.06. The van der Waals surface area contributed by atoms with Crippen LogP contribution in [0.15, 0.2) is 59.2 Å². The first-order valence-corrected chi connectivity index (χ1v) is 8.76. The Morgan fingerprint density at radius 2 is 1.82 bits per heavy atom. The number of fused-ring (bicyclic) bond motifs is 1. The first kappa shape index (κ1) is 18.0. The van der Waals surface area contributed by atoms with E-state index in [1.165, 1.54) is 0 Å². The smallest absolute Gasteiger partial charge is 0.363 e. The number of cyclic esters (lactones) is 1. The number of hydrogen-bond donors (Lipinski definition) is 0. The highest BCUT2D eigenvalue weighted by molar-refractivity contribution is 6.31. The molecule has 1 aliphatic heterocycles. The predicted molar refractivity (Wildman–Crippen MR) is 107 cm³/mol. The molecule has 1 aromatic heterocycles. The number of benzene rings is 2. The van der Waals surface area contributed by atoms with Gasteiger partial charge in [0, 0.05) is 22.6 Å². The summed E-state index contributed by atoms with van der Waals surface area (Å²) in [5, 5.41) is 1.12. The fourth-order valence-corrected chi connectivity index (χ4v) is 3.00. The molecule has 1 aliphatic rings. The summed E-state index contributed by atoms with van der Waals surface area (Å²) in [7, 11) is 3.16. The number of aliphatic imine (C=N–C) groups is 1. The van der Waals surface area contributed by atoms with E-state index in [0.717, 1.165) is 5.39 Å². The molecule has 140 valence electrons. The number of carbonyl (C=O) groups excluding carboxylic acids is 1. The molecule has 6 nitrogen and oxygen atoms in total. The van der Waals surface area contributed by atoms with Crippen LogP contribution in [0.4, 0.5) is 0 Å². The summed E-state index contributed by atoms with van der Waals surface area (Å²) in [4.78, 5) is 20.9. The Balaban J connectivity index is 1.72. The lowest BCUT2D eigenvalue weighted by atomic mass is 10.1. The average Bonchev–Trinajstić information content (AvgIpc) is 3.08. The standard InChI is InChI=1S/C21H15ClN2O4/c1-26-15-5-3-4-13(9-15)20-24-18(21(25)28-20)10-14-8-12-6-7-16(27-2)11-17(12)23-19(14)22/h3-11H,1-2H3/b18-10-. The molecule has 0 saturated carbocycles. The van der Waals surface area contributed by atoms with E-state index in [4.69, 9.17) is 25.8 Å². The van der Waals surface area contributed by atoms with Gasteiger partial charge in [0.2, 0.25) is 5.90 Å². The maximum absolute atomic E-state index is 12.3. The van der Waals surface area contributed by atoms with Gasteiger partial charge < -0.3 is 14.2 Å². The van der Waals surface area contributed by atoms with Crippen LogP contribution in [0.2, 0.25) is 5.15 Å². The Morgan fingerprint density at radius 3 is 2.61 bits per heavy atom. The van der Waals surface area contributed by atoms with E-state index < -0.39 is 5.97 Å². The molecule has 2 heterocycles. The number of ether oxygens (including phenoxy) is 3. The normalized spacial score (nSPS) is 14.9. The second-order valence-electron chi connectivity index (χ2n) is 6.00. The molecule has 0 bridgehead atoms. The zero-order valence-electron chi connectivity index (χ0n) is 15.1. The van der Waals surface area contributed by atoms with Crippen LogP contribution in [-0.4, -0.2) is 31.1 Å². The third-order valence-electron chi connectivity index (χ3n) is 4.23. The van der Waals surface area contributed by atoms with Crippen molar-refractivity contribution in [3.63, 3.8) is 0 Å². The van der Waals surface area contributed by atoms with Crippen molar-refractivity contribution in [1.29, 1.82) is 0 Å². The molecule has 0 aliphatic carbocycles. The van der Waals surface area contributed by atoms with Gasteiger partial charge in [0.15, 0.2) is 5.70 Å². The molecule has 0 fully saturated rings. The topological polar surface area (TPSA) is 70.0 Å². The predicted octanol–water partition coefficient (Wildman–Crippen LogP) is 4.25. The SMILES string of the molecule is COc1cccc(C2=N/C(=C\c3cc4ccc(OC)cc4nc3Cl)C(=O)O2)c1. The first-order chi connectivity index (χ1) is 13.6. The van der Waals surface area contributed by atoms with E-state index >= 15 is 0 Å². The van der Waals surface area contributed by atoms with Crippen molar-refractivity contribution in [1.82, 2.24) is 4.98 Å². The minimum atomic E-state index is -0.552. The summed E-state index contributed by atoms with van der Waals surface area (Å²) >= 11 is 6.30. The highest BCUT2D eigenvalue weighted by atomic mass is 35.5. The largest absolute Gasteiger partial charge is 0.497 e. The molecule has 0 amide bonds. The van der Waals surface area contributed by atoms with Gasteiger partial charge in [-0.2, -0.15) is 0 Å². The van der Waals surface area contributed by atoms with Crippen molar-refractivity contribution in [3.05, 3.63) is 70.5 Å². The number of esters is 1. The number of carbonyl (C=O) groups is 1. The van der Waals surface area contributed by atoms with Gasteiger partial charge in [0.1, 0.15) is 16.7 Å². The van der Waals surface area contributed by atoms with Crippen LogP contribution in [0, 0.1) is 0 Å². The van der Waals surface area contributed by atoms with Gasteiger partial charge in [-0.15, -0.1) is 0 Å². The molecule has 28 heavy (non-hydrogen) atoms. The highest BCUT2D eigenvalue weighted by Gasteiger charge is 2.25. The monoisotopic (exact) mass is 394 g/mol. The molecule has 4 rings (SSSR count). The zero-order valence-corrected chi connectivity index (χ0v) is 15.9. The highest BCUT2D eigenvalue weighted by Crippen LogP contribution is 2.27. The molecule has 0 saturated heterocycles. The maximum atomic E-state index is 12.3. The summed E-state index contributed by atoms with van der Waals surface area (Å²) in [6.07, 6.45) is 1.56. The number of halogens is 1. The maximum Gasteiger partial charge on any atom is 0.363 e. The lowest BCUT2D eigenvalue weighted by molar-refractivity contribution is -0.129. The van der Waals surface area contributed by atoms with Crippen LogP contribution in [0.3, 0.4) is 0 Å². The first-order valence-electron chi connectivity index (χ1n) is 8.38. The summed E-state index contributed by atoms with van der Waals surface area (Å²) in [6.45, 7) is 0. The molecular weight excluding hydrogens is 380 g/mol. The lowest BCUT2D eigenvalue weighted by Crippen LogP contribution is -2.05. The van der Waals surface area contributed by atoms with Crippen molar-refractivity contribution in [2.24, 2.45) is 4.99 Å². The molecule has 0 N–H and O–H groups in total. The van der Waals surface area contributed by atoms with Crippen molar-refractivity contribution >= 4 is 40.4 Å². The van der Waals surface area contributed by atoms with Crippen molar-refractivity contribution < 1.29 is 19.0 Å². The average molecular weight is 395 g/mol. The van der Waals surface area contributed by atoms with E-state index in [9.17, 15) is 4.79 Å². The van der Waals surface area contributed by atoms with Crippen molar-refractivity contribution in [3.8, 4) is 11.5 Å². The molecule has 2 aromatic carbocycles. The molecule has 0 unspecified atom stereocenters. The van der Waals surface area contributed by atoms with Crippen LogP contribution < -0.4 is 9.47 Å². The number of rotatable bonds is 4. The summed E-state index contributed by atoms with van der Waals surface area (Å²) in [6, 6.07) is 14.5. The Hall–Kier alpha value is -3.38. The lowest BCUT2D eigenvalue weighted by Gasteiger charge is -2.05. The minimum absolute atomic E-state index is 0.148. The Kier molecular flexibility index (Phi) is 4.71. The number of aromatic nitrogens is 1. The van der Waals surface area contributed by atoms with Gasteiger partial charge in [0.05, 0.1) is 19.7 Å². The Labute approximate surface area is 166 Å². The molecule has 0 atom stereocenters. The molecule has 7 heteroatoms. The molecule has 0 radical (unpaired) electrons. The summed E-state index contributed by atoms with van der Waals surface area (Å²) < 4.78 is 15.7. The van der Waals surface area contributed by atoms with E-state index in [1.807, 2.05) is 18.2 Å². The quantitative estimate of drug-likeness (QED) is 0.376. The van der Waals surface area contributed by atoms with Gasteiger partial charge in [0.25, 0.3) is 0 Å². The third-order valence-corrected chi connectivity index (χ3v) is 4.54. The number of pyridine rings is 1. The van der Waals surface area contributed by atoms with Gasteiger partial charge in [-0.1, -0.05) is 17.7 Å². The van der Waals surface area contributed by atoms with Gasteiger partial charge >= 0.3 is 5.97 Å². The molecule has 0 spiro atoms. The Morgan fingerprint density at radius 1 is 1.04 bits per heavy atom. The second kappa shape index (κ2) is 7.32.